The lowest BCUT2D eigenvalue weighted by Crippen LogP contribution is -2.29. The van der Waals surface area contributed by atoms with E-state index in [1.165, 1.54) is 11.3 Å². The third kappa shape index (κ3) is 4.23. The van der Waals surface area contributed by atoms with Gasteiger partial charge >= 0.3 is 0 Å². The number of hydrogen-bond donors (Lipinski definition) is 1. The summed E-state index contributed by atoms with van der Waals surface area (Å²) in [6.07, 6.45) is 0. The molecule has 2 heterocycles. The highest BCUT2D eigenvalue weighted by Crippen LogP contribution is 2.32. The number of fused-ring (bicyclic) bond motifs is 1. The number of benzene rings is 1. The number of sulfone groups is 1. The minimum Gasteiger partial charge on any atom is -0.351 e. The van der Waals surface area contributed by atoms with Crippen LogP contribution in [0.4, 0.5) is 0 Å². The summed E-state index contributed by atoms with van der Waals surface area (Å²) < 4.78 is 23.8. The summed E-state index contributed by atoms with van der Waals surface area (Å²) in [4.78, 5) is 18.1. The summed E-state index contributed by atoms with van der Waals surface area (Å²) in [5, 5.41) is 3.41. The Hall–Kier alpha value is -1.96. The van der Waals surface area contributed by atoms with Crippen molar-refractivity contribution in [3.63, 3.8) is 0 Å². The number of thiophene rings is 1. The first kappa shape index (κ1) is 18.8. The summed E-state index contributed by atoms with van der Waals surface area (Å²) in [5.41, 5.74) is 1.82. The molecule has 136 valence electrons. The number of aromatic nitrogens is 1. The summed E-state index contributed by atoms with van der Waals surface area (Å²) in [5.74, 6) is -0.338. The van der Waals surface area contributed by atoms with Gasteiger partial charge in [0.25, 0.3) is 5.91 Å². The number of amides is 1. The van der Waals surface area contributed by atoms with E-state index in [4.69, 9.17) is 11.6 Å². The number of pyridine rings is 1. The van der Waals surface area contributed by atoms with Crippen molar-refractivity contribution in [2.45, 2.75) is 6.92 Å². The van der Waals surface area contributed by atoms with E-state index >= 15 is 0 Å². The molecule has 0 aliphatic carbocycles. The number of para-hydroxylation sites is 1. The quantitative estimate of drug-likeness (QED) is 0.673. The lowest BCUT2D eigenvalue weighted by molar-refractivity contribution is 0.0957. The first-order valence-corrected chi connectivity index (χ1v) is 11.1. The summed E-state index contributed by atoms with van der Waals surface area (Å²) in [7, 11) is -3.13. The van der Waals surface area contributed by atoms with Crippen LogP contribution in [0, 0.1) is 0 Å². The van der Waals surface area contributed by atoms with Crippen LogP contribution in [0.3, 0.4) is 0 Å². The monoisotopic (exact) mass is 408 g/mol. The van der Waals surface area contributed by atoms with E-state index in [0.717, 1.165) is 10.3 Å². The smallest absolute Gasteiger partial charge is 0.252 e. The zero-order valence-corrected chi connectivity index (χ0v) is 16.4. The van der Waals surface area contributed by atoms with Crippen molar-refractivity contribution in [2.75, 3.05) is 18.1 Å². The Morgan fingerprint density at radius 3 is 2.69 bits per heavy atom. The van der Waals surface area contributed by atoms with Crippen LogP contribution in [-0.4, -0.2) is 37.4 Å². The molecule has 0 aliphatic rings. The van der Waals surface area contributed by atoms with Gasteiger partial charge in [-0.1, -0.05) is 36.7 Å². The van der Waals surface area contributed by atoms with E-state index in [1.807, 2.05) is 30.3 Å². The molecule has 0 unspecified atom stereocenters. The van der Waals surface area contributed by atoms with Crippen LogP contribution in [-0.2, 0) is 9.84 Å². The molecule has 1 aromatic carbocycles. The van der Waals surface area contributed by atoms with Gasteiger partial charge in [0, 0.05) is 17.7 Å². The molecule has 5 nitrogen and oxygen atoms in total. The number of carbonyl (C=O) groups excluding carboxylic acids is 1. The van der Waals surface area contributed by atoms with Crippen LogP contribution in [0.5, 0.6) is 0 Å². The highest BCUT2D eigenvalue weighted by molar-refractivity contribution is 7.91. The fraction of sp³-hybridized carbons (Fsp3) is 0.222. The molecular formula is C18H17ClN2O3S2. The van der Waals surface area contributed by atoms with E-state index in [2.05, 4.69) is 10.3 Å². The molecule has 0 atom stereocenters. The summed E-state index contributed by atoms with van der Waals surface area (Å²) >= 11 is 7.40. The Balaban J connectivity index is 1.94. The Morgan fingerprint density at radius 2 is 2.00 bits per heavy atom. The summed E-state index contributed by atoms with van der Waals surface area (Å²) in [6, 6.07) is 12.7. The first-order chi connectivity index (χ1) is 12.4. The van der Waals surface area contributed by atoms with Crippen LogP contribution in [0.2, 0.25) is 4.34 Å². The Labute approximate surface area is 160 Å². The standard InChI is InChI=1S/C18H17ClN2O3S2/c1-2-26(23,24)10-9-20-18(22)13-11-15(16-7-8-17(19)25-16)21-14-6-4-3-5-12(13)14/h3-8,11H,2,9-10H2,1H3,(H,20,22). The molecule has 8 heteroatoms. The van der Waals surface area contributed by atoms with Crippen molar-refractivity contribution in [1.82, 2.24) is 10.3 Å². The van der Waals surface area contributed by atoms with Crippen molar-refractivity contribution in [3.05, 3.63) is 52.4 Å². The van der Waals surface area contributed by atoms with Crippen LogP contribution in [0.25, 0.3) is 21.5 Å². The van der Waals surface area contributed by atoms with Crippen LogP contribution >= 0.6 is 22.9 Å². The third-order valence-corrected chi connectivity index (χ3v) is 6.88. The van der Waals surface area contributed by atoms with Gasteiger partial charge in [-0.15, -0.1) is 11.3 Å². The largest absolute Gasteiger partial charge is 0.351 e. The lowest BCUT2D eigenvalue weighted by Gasteiger charge is -2.10. The second-order valence-corrected chi connectivity index (χ2v) is 9.86. The minimum absolute atomic E-state index is 0.0599. The van der Waals surface area contributed by atoms with E-state index < -0.39 is 9.84 Å². The molecule has 0 bridgehead atoms. The van der Waals surface area contributed by atoms with E-state index in [1.54, 1.807) is 19.1 Å². The minimum atomic E-state index is -3.13. The zero-order valence-electron chi connectivity index (χ0n) is 14.0. The maximum atomic E-state index is 12.7. The van der Waals surface area contributed by atoms with E-state index in [9.17, 15) is 13.2 Å². The van der Waals surface area contributed by atoms with Gasteiger partial charge in [-0.2, -0.15) is 0 Å². The van der Waals surface area contributed by atoms with Gasteiger partial charge in [0.2, 0.25) is 0 Å². The molecule has 0 saturated heterocycles. The van der Waals surface area contributed by atoms with Gasteiger partial charge < -0.3 is 5.32 Å². The Bertz CT molecular complexity index is 1060. The van der Waals surface area contributed by atoms with Crippen molar-refractivity contribution < 1.29 is 13.2 Å². The molecule has 1 N–H and O–H groups in total. The number of carbonyl (C=O) groups is 1. The van der Waals surface area contributed by atoms with E-state index in [0.29, 0.717) is 21.1 Å². The van der Waals surface area contributed by atoms with Gasteiger partial charge in [0.05, 0.1) is 31.7 Å². The summed E-state index contributed by atoms with van der Waals surface area (Å²) in [6.45, 7) is 1.66. The number of nitrogens with zero attached hydrogens (tertiary/aromatic N) is 1. The predicted octanol–water partition coefficient (Wildman–Crippen LogP) is 3.78. The van der Waals surface area contributed by atoms with Gasteiger partial charge in [0.1, 0.15) is 0 Å². The van der Waals surface area contributed by atoms with Crippen molar-refractivity contribution in [1.29, 1.82) is 0 Å². The molecule has 3 aromatic rings. The third-order valence-electron chi connectivity index (χ3n) is 3.92. The normalized spacial score (nSPS) is 11.6. The molecule has 26 heavy (non-hydrogen) atoms. The topological polar surface area (TPSA) is 76.1 Å². The SMILES string of the molecule is CCS(=O)(=O)CCNC(=O)c1cc(-c2ccc(Cl)s2)nc2ccccc12. The maximum absolute atomic E-state index is 12.7. The number of halogens is 1. The van der Waals surface area contributed by atoms with Crippen molar-refractivity contribution >= 4 is 49.6 Å². The average Bonchev–Trinajstić information content (AvgIpc) is 3.07. The van der Waals surface area contributed by atoms with Crippen molar-refractivity contribution in [3.8, 4) is 10.6 Å². The second-order valence-electron chi connectivity index (χ2n) is 5.67. The van der Waals surface area contributed by atoms with Crippen LogP contribution in [0.15, 0.2) is 42.5 Å². The zero-order chi connectivity index (χ0) is 18.7. The lowest BCUT2D eigenvalue weighted by atomic mass is 10.1. The van der Waals surface area contributed by atoms with Gasteiger partial charge in [-0.25, -0.2) is 13.4 Å². The van der Waals surface area contributed by atoms with Crippen LogP contribution < -0.4 is 5.32 Å². The van der Waals surface area contributed by atoms with Gasteiger partial charge in [-0.05, 0) is 24.3 Å². The highest BCUT2D eigenvalue weighted by atomic mass is 35.5. The first-order valence-electron chi connectivity index (χ1n) is 8.04. The molecule has 0 radical (unpaired) electrons. The fourth-order valence-electron chi connectivity index (χ4n) is 2.50. The highest BCUT2D eigenvalue weighted by Gasteiger charge is 2.15. The van der Waals surface area contributed by atoms with Gasteiger partial charge in [0.15, 0.2) is 9.84 Å². The van der Waals surface area contributed by atoms with E-state index in [-0.39, 0.29) is 24.0 Å². The fourth-order valence-corrected chi connectivity index (χ4v) is 4.21. The van der Waals surface area contributed by atoms with Crippen molar-refractivity contribution in [2.24, 2.45) is 0 Å². The Kier molecular flexibility index (Phi) is 5.60. The second kappa shape index (κ2) is 7.73. The molecule has 0 saturated carbocycles. The molecule has 3 rings (SSSR count). The number of rotatable bonds is 6. The maximum Gasteiger partial charge on any atom is 0.252 e. The molecule has 2 aromatic heterocycles. The average molecular weight is 409 g/mol. The molecule has 0 spiro atoms. The Morgan fingerprint density at radius 1 is 1.23 bits per heavy atom. The van der Waals surface area contributed by atoms with Gasteiger partial charge in [-0.3, -0.25) is 4.79 Å². The predicted molar refractivity (Wildman–Crippen MR) is 107 cm³/mol. The van der Waals surface area contributed by atoms with Crippen LogP contribution in [0.1, 0.15) is 17.3 Å². The number of hydrogen-bond acceptors (Lipinski definition) is 5. The molecule has 0 aliphatic heterocycles. The molecule has 1 amide bonds. The molecular weight excluding hydrogens is 392 g/mol. The number of nitrogens with one attached hydrogen (secondary N) is 1. The molecule has 0 fully saturated rings.